The fourth-order valence-corrected chi connectivity index (χ4v) is 3.56. The fraction of sp³-hybridized carbons (Fsp3) is 0.0833. The first-order valence-electron chi connectivity index (χ1n) is 10.2. The molecular formula is C24H19N5O4. The van der Waals surface area contributed by atoms with Gasteiger partial charge in [0.15, 0.2) is 11.5 Å². The summed E-state index contributed by atoms with van der Waals surface area (Å²) in [5.41, 5.74) is 5.18. The first kappa shape index (κ1) is 20.3. The SMILES string of the molecule is O=C(Cn1cc(C=NNC(=O)c2cccnc2)c2ccccc21)Nc1ccc2c(c1)OCO2. The molecule has 0 unspecified atom stereocenters. The molecule has 0 radical (unpaired) electrons. The van der Waals surface area contributed by atoms with Gasteiger partial charge in [-0.15, -0.1) is 0 Å². The second kappa shape index (κ2) is 8.83. The Morgan fingerprint density at radius 3 is 2.85 bits per heavy atom. The van der Waals surface area contributed by atoms with Crippen molar-refractivity contribution in [3.63, 3.8) is 0 Å². The molecule has 0 spiro atoms. The highest BCUT2D eigenvalue weighted by Crippen LogP contribution is 2.34. The quantitative estimate of drug-likeness (QED) is 0.353. The number of nitrogens with one attached hydrogen (secondary N) is 2. The van der Waals surface area contributed by atoms with Gasteiger partial charge in [-0.05, 0) is 30.3 Å². The number of hydrogen-bond acceptors (Lipinski definition) is 6. The molecule has 0 saturated carbocycles. The van der Waals surface area contributed by atoms with E-state index >= 15 is 0 Å². The van der Waals surface area contributed by atoms with E-state index in [1.165, 1.54) is 6.20 Å². The van der Waals surface area contributed by atoms with E-state index in [9.17, 15) is 9.59 Å². The van der Waals surface area contributed by atoms with E-state index in [1.807, 2.05) is 35.0 Å². The summed E-state index contributed by atoms with van der Waals surface area (Å²) in [5, 5.41) is 7.86. The molecular weight excluding hydrogens is 422 g/mol. The van der Waals surface area contributed by atoms with Gasteiger partial charge < -0.3 is 19.4 Å². The molecule has 0 bridgehead atoms. The minimum Gasteiger partial charge on any atom is -0.454 e. The molecule has 0 fully saturated rings. The molecule has 164 valence electrons. The molecule has 9 nitrogen and oxygen atoms in total. The van der Waals surface area contributed by atoms with Crippen LogP contribution in [0.4, 0.5) is 5.69 Å². The summed E-state index contributed by atoms with van der Waals surface area (Å²) < 4.78 is 12.5. The number of aromatic nitrogens is 2. The molecule has 2 amide bonds. The highest BCUT2D eigenvalue weighted by Gasteiger charge is 2.15. The summed E-state index contributed by atoms with van der Waals surface area (Å²) in [4.78, 5) is 28.8. The van der Waals surface area contributed by atoms with Gasteiger partial charge in [-0.1, -0.05) is 18.2 Å². The molecule has 0 atom stereocenters. The van der Waals surface area contributed by atoms with Crippen LogP contribution in [0.5, 0.6) is 11.5 Å². The number of fused-ring (bicyclic) bond motifs is 2. The van der Waals surface area contributed by atoms with Gasteiger partial charge in [0.05, 0.1) is 11.8 Å². The number of hydrogen-bond donors (Lipinski definition) is 2. The van der Waals surface area contributed by atoms with Gasteiger partial charge in [0.25, 0.3) is 5.91 Å². The molecule has 9 heteroatoms. The Hall–Kier alpha value is -4.66. The third-order valence-electron chi connectivity index (χ3n) is 5.08. The summed E-state index contributed by atoms with van der Waals surface area (Å²) in [5.74, 6) is 0.712. The van der Waals surface area contributed by atoms with Crippen molar-refractivity contribution < 1.29 is 19.1 Å². The third kappa shape index (κ3) is 4.38. The number of anilines is 1. The minimum absolute atomic E-state index is 0.102. The lowest BCUT2D eigenvalue weighted by Crippen LogP contribution is -2.18. The van der Waals surface area contributed by atoms with Gasteiger partial charge in [0.2, 0.25) is 12.7 Å². The normalized spacial score (nSPS) is 12.2. The average molecular weight is 441 g/mol. The van der Waals surface area contributed by atoms with E-state index in [1.54, 1.807) is 42.7 Å². The number of rotatable bonds is 6. The predicted molar refractivity (Wildman–Crippen MR) is 122 cm³/mol. The van der Waals surface area contributed by atoms with Crippen molar-refractivity contribution in [1.29, 1.82) is 0 Å². The Balaban J connectivity index is 1.31. The van der Waals surface area contributed by atoms with E-state index in [2.05, 4.69) is 20.8 Å². The third-order valence-corrected chi connectivity index (χ3v) is 5.08. The maximum Gasteiger partial charge on any atom is 0.272 e. The second-order valence-electron chi connectivity index (χ2n) is 7.29. The molecule has 5 rings (SSSR count). The Morgan fingerprint density at radius 2 is 1.97 bits per heavy atom. The monoisotopic (exact) mass is 441 g/mol. The number of pyridine rings is 1. The van der Waals surface area contributed by atoms with Crippen molar-refractivity contribution in [3.8, 4) is 11.5 Å². The van der Waals surface area contributed by atoms with Crippen LogP contribution in [-0.4, -0.2) is 34.4 Å². The molecule has 1 aliphatic rings. The molecule has 33 heavy (non-hydrogen) atoms. The number of ether oxygens (including phenoxy) is 2. The molecule has 2 aromatic carbocycles. The largest absolute Gasteiger partial charge is 0.454 e. The van der Waals surface area contributed by atoms with Gasteiger partial charge in [-0.2, -0.15) is 5.10 Å². The second-order valence-corrected chi connectivity index (χ2v) is 7.29. The molecule has 3 heterocycles. The van der Waals surface area contributed by atoms with Crippen LogP contribution < -0.4 is 20.2 Å². The summed E-state index contributed by atoms with van der Waals surface area (Å²) in [7, 11) is 0. The van der Waals surface area contributed by atoms with Gasteiger partial charge in [-0.25, -0.2) is 5.43 Å². The molecule has 1 aliphatic heterocycles. The first-order valence-corrected chi connectivity index (χ1v) is 10.2. The van der Waals surface area contributed by atoms with E-state index in [0.717, 1.165) is 16.5 Å². The van der Waals surface area contributed by atoms with Crippen molar-refractivity contribution in [1.82, 2.24) is 15.0 Å². The van der Waals surface area contributed by atoms with Crippen LogP contribution in [0.15, 0.2) is 78.3 Å². The van der Waals surface area contributed by atoms with E-state index in [-0.39, 0.29) is 25.2 Å². The van der Waals surface area contributed by atoms with Crippen LogP contribution in [0.2, 0.25) is 0 Å². The van der Waals surface area contributed by atoms with Gasteiger partial charge in [0.1, 0.15) is 6.54 Å². The molecule has 4 aromatic rings. The molecule has 2 N–H and O–H groups in total. The standard InChI is InChI=1S/C24H19N5O4/c30-23(27-18-7-8-21-22(10-18)33-15-32-21)14-29-13-17(19-5-1-2-6-20(19)29)12-26-28-24(31)16-4-3-9-25-11-16/h1-13H,14-15H2,(H,27,30)(H,28,31). The summed E-state index contributed by atoms with van der Waals surface area (Å²) >= 11 is 0. The Kier molecular flexibility index (Phi) is 5.42. The van der Waals surface area contributed by atoms with Crippen molar-refractivity contribution in [3.05, 3.63) is 84.3 Å². The van der Waals surface area contributed by atoms with Crippen molar-refractivity contribution in [2.24, 2.45) is 5.10 Å². The minimum atomic E-state index is -0.355. The van der Waals surface area contributed by atoms with E-state index in [0.29, 0.717) is 22.7 Å². The van der Waals surface area contributed by atoms with Gasteiger partial charge in [-0.3, -0.25) is 14.6 Å². The molecule has 0 saturated heterocycles. The van der Waals surface area contributed by atoms with Crippen LogP contribution in [0.3, 0.4) is 0 Å². The number of amides is 2. The number of nitrogens with zero attached hydrogens (tertiary/aromatic N) is 3. The average Bonchev–Trinajstić information content (AvgIpc) is 3.44. The van der Waals surface area contributed by atoms with Crippen LogP contribution in [0, 0.1) is 0 Å². The molecule has 0 aliphatic carbocycles. The van der Waals surface area contributed by atoms with Crippen LogP contribution in [0.25, 0.3) is 10.9 Å². The van der Waals surface area contributed by atoms with Crippen molar-refractivity contribution in [2.75, 3.05) is 12.1 Å². The molecule has 2 aromatic heterocycles. The number of carbonyl (C=O) groups excluding carboxylic acids is 2. The summed E-state index contributed by atoms with van der Waals surface area (Å²) in [6.07, 6.45) is 6.44. The zero-order valence-electron chi connectivity index (χ0n) is 17.4. The first-order chi connectivity index (χ1) is 16.2. The number of hydrazone groups is 1. The van der Waals surface area contributed by atoms with Crippen molar-refractivity contribution >= 4 is 34.6 Å². The lowest BCUT2D eigenvalue weighted by Gasteiger charge is -2.08. The zero-order valence-corrected chi connectivity index (χ0v) is 17.4. The lowest BCUT2D eigenvalue weighted by molar-refractivity contribution is -0.116. The van der Waals surface area contributed by atoms with E-state index in [4.69, 9.17) is 9.47 Å². The topological polar surface area (TPSA) is 107 Å². The maximum absolute atomic E-state index is 12.7. The number of benzene rings is 2. The highest BCUT2D eigenvalue weighted by molar-refractivity contribution is 6.01. The number of para-hydroxylation sites is 1. The van der Waals surface area contributed by atoms with Gasteiger partial charge in [0, 0.05) is 46.8 Å². The van der Waals surface area contributed by atoms with Crippen LogP contribution in [-0.2, 0) is 11.3 Å². The predicted octanol–water partition coefficient (Wildman–Crippen LogP) is 3.17. The van der Waals surface area contributed by atoms with E-state index < -0.39 is 0 Å². The highest BCUT2D eigenvalue weighted by atomic mass is 16.7. The Bertz CT molecular complexity index is 1360. The van der Waals surface area contributed by atoms with Crippen LogP contribution in [0.1, 0.15) is 15.9 Å². The van der Waals surface area contributed by atoms with Crippen LogP contribution >= 0.6 is 0 Å². The summed E-state index contributed by atoms with van der Waals surface area (Å²) in [6, 6.07) is 16.3. The smallest absolute Gasteiger partial charge is 0.272 e. The maximum atomic E-state index is 12.7. The zero-order chi connectivity index (χ0) is 22.6. The summed E-state index contributed by atoms with van der Waals surface area (Å²) in [6.45, 7) is 0.278. The fourth-order valence-electron chi connectivity index (χ4n) is 3.56. The van der Waals surface area contributed by atoms with Crippen molar-refractivity contribution in [2.45, 2.75) is 6.54 Å². The Labute approximate surface area is 188 Å². The van der Waals surface area contributed by atoms with Gasteiger partial charge >= 0.3 is 0 Å². The Morgan fingerprint density at radius 1 is 1.09 bits per heavy atom. The lowest BCUT2D eigenvalue weighted by atomic mass is 10.2. The number of carbonyl (C=O) groups is 2.